The molecule has 1 aromatic carbocycles. The summed E-state index contributed by atoms with van der Waals surface area (Å²) in [5, 5.41) is 11.3. The molecular weight excluding hydrogens is 408 g/mol. The van der Waals surface area contributed by atoms with E-state index in [-0.39, 0.29) is 48.1 Å². The fraction of sp³-hybridized carbons (Fsp3) is 0.429. The molecule has 0 saturated carbocycles. The Morgan fingerprint density at radius 1 is 1.19 bits per heavy atom. The summed E-state index contributed by atoms with van der Waals surface area (Å²) in [5.41, 5.74) is -0.0248. The van der Waals surface area contributed by atoms with Crippen molar-refractivity contribution in [1.29, 1.82) is 0 Å². The van der Waals surface area contributed by atoms with Gasteiger partial charge in [-0.1, -0.05) is 12.1 Å². The van der Waals surface area contributed by atoms with Crippen LogP contribution in [0, 0.1) is 16.0 Å². The highest BCUT2D eigenvalue weighted by molar-refractivity contribution is 6.09. The zero-order valence-corrected chi connectivity index (χ0v) is 17.5. The van der Waals surface area contributed by atoms with Crippen LogP contribution in [0.15, 0.2) is 40.5 Å². The van der Waals surface area contributed by atoms with Crippen LogP contribution in [0.3, 0.4) is 0 Å². The standard InChI is InChI=1S/C21H24N2O8/c1-4-29-9-10-31-20(25)17-13(3)22-16(12-24)19(21(26)30-5-2)18(17)14-7-6-8-15(11-14)23(27)28/h6-8,11-12,17-18H,4-5,9-10H2,1-3H3. The Bertz CT molecular complexity index is 922. The van der Waals surface area contributed by atoms with Crippen LogP contribution in [0.4, 0.5) is 5.69 Å². The molecule has 1 aliphatic heterocycles. The van der Waals surface area contributed by atoms with Crippen molar-refractivity contribution < 1.29 is 33.5 Å². The van der Waals surface area contributed by atoms with Crippen molar-refractivity contribution in [1.82, 2.24) is 0 Å². The predicted octanol–water partition coefficient (Wildman–Crippen LogP) is 2.36. The largest absolute Gasteiger partial charge is 0.463 e. The minimum absolute atomic E-state index is 0.0168. The number of esters is 2. The predicted molar refractivity (Wildman–Crippen MR) is 110 cm³/mol. The highest BCUT2D eigenvalue weighted by Crippen LogP contribution is 2.40. The van der Waals surface area contributed by atoms with Gasteiger partial charge in [-0.2, -0.15) is 0 Å². The van der Waals surface area contributed by atoms with Crippen molar-refractivity contribution in [3.8, 4) is 0 Å². The Balaban J connectivity index is 2.59. The maximum absolute atomic E-state index is 12.9. The number of aliphatic imine (C=N–C) groups is 1. The third-order valence-corrected chi connectivity index (χ3v) is 4.64. The van der Waals surface area contributed by atoms with Crippen molar-refractivity contribution in [2.24, 2.45) is 10.9 Å². The van der Waals surface area contributed by atoms with E-state index >= 15 is 0 Å². The molecule has 0 aliphatic carbocycles. The molecule has 0 N–H and O–H groups in total. The van der Waals surface area contributed by atoms with Crippen LogP contribution in [0.1, 0.15) is 32.3 Å². The van der Waals surface area contributed by atoms with Gasteiger partial charge in [0, 0.05) is 30.4 Å². The van der Waals surface area contributed by atoms with Crippen LogP contribution in [0.2, 0.25) is 0 Å². The van der Waals surface area contributed by atoms with Crippen LogP contribution in [-0.2, 0) is 28.6 Å². The van der Waals surface area contributed by atoms with Gasteiger partial charge in [-0.15, -0.1) is 0 Å². The quantitative estimate of drug-likeness (QED) is 0.181. The molecule has 166 valence electrons. The molecule has 0 radical (unpaired) electrons. The molecule has 0 spiro atoms. The van der Waals surface area contributed by atoms with E-state index in [4.69, 9.17) is 14.2 Å². The van der Waals surface area contributed by atoms with Crippen molar-refractivity contribution in [3.05, 3.63) is 51.2 Å². The summed E-state index contributed by atoms with van der Waals surface area (Å²) >= 11 is 0. The van der Waals surface area contributed by atoms with Gasteiger partial charge in [0.15, 0.2) is 6.29 Å². The minimum atomic E-state index is -1.08. The van der Waals surface area contributed by atoms with Crippen LogP contribution in [0.25, 0.3) is 0 Å². The monoisotopic (exact) mass is 432 g/mol. The Morgan fingerprint density at radius 2 is 1.94 bits per heavy atom. The SMILES string of the molecule is CCOCCOC(=O)C1C(C)=NC(C=O)=C(C(=O)OCC)C1c1cccc([N+](=O)[O-])c1. The summed E-state index contributed by atoms with van der Waals surface area (Å²) in [7, 11) is 0. The molecule has 1 aliphatic rings. The van der Waals surface area contributed by atoms with Gasteiger partial charge in [0.2, 0.25) is 0 Å². The summed E-state index contributed by atoms with van der Waals surface area (Å²) < 4.78 is 15.6. The average molecular weight is 432 g/mol. The zero-order valence-electron chi connectivity index (χ0n) is 17.5. The normalized spacial score (nSPS) is 18.2. The Labute approximate surface area is 179 Å². The molecule has 2 rings (SSSR count). The molecule has 10 nitrogen and oxygen atoms in total. The van der Waals surface area contributed by atoms with Crippen LogP contribution >= 0.6 is 0 Å². The number of hydrogen-bond acceptors (Lipinski definition) is 9. The van der Waals surface area contributed by atoms with E-state index in [9.17, 15) is 24.5 Å². The van der Waals surface area contributed by atoms with E-state index in [2.05, 4.69) is 4.99 Å². The second-order valence-corrected chi connectivity index (χ2v) is 6.56. The zero-order chi connectivity index (χ0) is 23.0. The van der Waals surface area contributed by atoms with Crippen molar-refractivity contribution in [3.63, 3.8) is 0 Å². The van der Waals surface area contributed by atoms with Gasteiger partial charge in [0.05, 0.1) is 23.7 Å². The van der Waals surface area contributed by atoms with Gasteiger partial charge in [0.1, 0.15) is 18.2 Å². The van der Waals surface area contributed by atoms with E-state index in [1.54, 1.807) is 19.9 Å². The first kappa shape index (κ1) is 23.9. The lowest BCUT2D eigenvalue weighted by Gasteiger charge is -2.31. The van der Waals surface area contributed by atoms with Crippen LogP contribution in [-0.4, -0.2) is 55.3 Å². The number of nitro benzene ring substituents is 1. The number of carbonyl (C=O) groups is 3. The first-order valence-electron chi connectivity index (χ1n) is 9.76. The lowest BCUT2D eigenvalue weighted by molar-refractivity contribution is -0.384. The Hall–Kier alpha value is -3.40. The third-order valence-electron chi connectivity index (χ3n) is 4.64. The maximum atomic E-state index is 12.9. The van der Waals surface area contributed by atoms with Gasteiger partial charge in [-0.3, -0.25) is 24.7 Å². The summed E-state index contributed by atoms with van der Waals surface area (Å²) in [6.45, 7) is 5.58. The first-order valence-corrected chi connectivity index (χ1v) is 9.76. The smallest absolute Gasteiger partial charge is 0.336 e. The number of hydrogen-bond donors (Lipinski definition) is 0. The Morgan fingerprint density at radius 3 is 2.55 bits per heavy atom. The number of ether oxygens (including phenoxy) is 3. The lowest BCUT2D eigenvalue weighted by Crippen LogP contribution is -2.37. The highest BCUT2D eigenvalue weighted by Gasteiger charge is 2.43. The van der Waals surface area contributed by atoms with E-state index in [1.165, 1.54) is 25.1 Å². The van der Waals surface area contributed by atoms with E-state index in [0.717, 1.165) is 0 Å². The van der Waals surface area contributed by atoms with E-state index < -0.39 is 28.7 Å². The van der Waals surface area contributed by atoms with Gasteiger partial charge in [-0.25, -0.2) is 4.79 Å². The number of nitro groups is 1. The lowest BCUT2D eigenvalue weighted by atomic mass is 9.75. The maximum Gasteiger partial charge on any atom is 0.336 e. The highest BCUT2D eigenvalue weighted by atomic mass is 16.6. The van der Waals surface area contributed by atoms with E-state index in [1.807, 2.05) is 0 Å². The summed E-state index contributed by atoms with van der Waals surface area (Å²) in [5.74, 6) is -3.64. The van der Waals surface area contributed by atoms with Crippen LogP contribution < -0.4 is 0 Å². The first-order chi connectivity index (χ1) is 14.8. The number of allylic oxidation sites excluding steroid dienone is 1. The molecule has 31 heavy (non-hydrogen) atoms. The van der Waals surface area contributed by atoms with Gasteiger partial charge < -0.3 is 14.2 Å². The molecule has 0 amide bonds. The minimum Gasteiger partial charge on any atom is -0.463 e. The number of rotatable bonds is 10. The molecule has 0 saturated heterocycles. The van der Waals surface area contributed by atoms with Crippen molar-refractivity contribution >= 4 is 29.6 Å². The van der Waals surface area contributed by atoms with Gasteiger partial charge >= 0.3 is 11.9 Å². The number of benzene rings is 1. The summed E-state index contributed by atoms with van der Waals surface area (Å²) in [6.07, 6.45) is 0.400. The van der Waals surface area contributed by atoms with Crippen molar-refractivity contribution in [2.45, 2.75) is 26.7 Å². The number of aldehydes is 1. The van der Waals surface area contributed by atoms with Crippen LogP contribution in [0.5, 0.6) is 0 Å². The molecule has 0 fully saturated rings. The van der Waals surface area contributed by atoms with E-state index in [0.29, 0.717) is 12.9 Å². The number of nitrogens with zero attached hydrogens (tertiary/aromatic N) is 2. The molecule has 10 heteroatoms. The topological polar surface area (TPSA) is 134 Å². The molecular formula is C21H24N2O8. The van der Waals surface area contributed by atoms with Crippen molar-refractivity contribution in [2.75, 3.05) is 26.4 Å². The fourth-order valence-electron chi connectivity index (χ4n) is 3.35. The molecule has 0 bridgehead atoms. The molecule has 1 aromatic rings. The molecule has 0 aromatic heterocycles. The number of non-ortho nitro benzene ring substituents is 1. The second-order valence-electron chi connectivity index (χ2n) is 6.56. The summed E-state index contributed by atoms with van der Waals surface area (Å²) in [6, 6.07) is 5.52. The third kappa shape index (κ3) is 5.60. The average Bonchev–Trinajstić information content (AvgIpc) is 2.75. The second kappa shape index (κ2) is 11.1. The fourth-order valence-corrected chi connectivity index (χ4v) is 3.35. The molecule has 1 heterocycles. The Kier molecular flexibility index (Phi) is 8.56. The van der Waals surface area contributed by atoms with Gasteiger partial charge in [0.25, 0.3) is 5.69 Å². The molecule has 2 unspecified atom stereocenters. The number of carbonyl (C=O) groups excluding carboxylic acids is 3. The summed E-state index contributed by atoms with van der Waals surface area (Å²) in [4.78, 5) is 52.2. The van der Waals surface area contributed by atoms with Gasteiger partial charge in [-0.05, 0) is 26.3 Å². The molecule has 2 atom stereocenters.